The SMILES string of the molecule is CCCCC[C@H]1CC[C@H](COc2ccc(-c3ncc(CCC)cn3)cc2)CC1. The fourth-order valence-electron chi connectivity index (χ4n) is 4.21. The number of hydrogen-bond acceptors (Lipinski definition) is 3. The van der Waals surface area contributed by atoms with Gasteiger partial charge in [0.05, 0.1) is 6.61 Å². The Kier molecular flexibility index (Phi) is 8.32. The number of rotatable bonds is 10. The molecule has 152 valence electrons. The molecule has 3 nitrogen and oxygen atoms in total. The molecule has 0 radical (unpaired) electrons. The average Bonchev–Trinajstić information content (AvgIpc) is 2.75. The Hall–Kier alpha value is -1.90. The molecule has 28 heavy (non-hydrogen) atoms. The van der Waals surface area contributed by atoms with Crippen molar-refractivity contribution in [1.82, 2.24) is 9.97 Å². The molecule has 0 atom stereocenters. The van der Waals surface area contributed by atoms with Gasteiger partial charge in [0.1, 0.15) is 5.75 Å². The summed E-state index contributed by atoms with van der Waals surface area (Å²) in [6.07, 6.45) is 17.0. The quantitative estimate of drug-likeness (QED) is 0.422. The van der Waals surface area contributed by atoms with Crippen molar-refractivity contribution in [2.45, 2.75) is 78.1 Å². The summed E-state index contributed by atoms with van der Waals surface area (Å²) in [6.45, 7) is 5.31. The van der Waals surface area contributed by atoms with E-state index < -0.39 is 0 Å². The van der Waals surface area contributed by atoms with Crippen LogP contribution in [0.5, 0.6) is 5.75 Å². The van der Waals surface area contributed by atoms with Crippen LogP contribution in [0.4, 0.5) is 0 Å². The predicted molar refractivity (Wildman–Crippen MR) is 117 cm³/mol. The van der Waals surface area contributed by atoms with Crippen molar-refractivity contribution < 1.29 is 4.74 Å². The van der Waals surface area contributed by atoms with Crippen molar-refractivity contribution in [3.05, 3.63) is 42.2 Å². The van der Waals surface area contributed by atoms with Gasteiger partial charge in [-0.25, -0.2) is 9.97 Å². The van der Waals surface area contributed by atoms with E-state index in [0.717, 1.165) is 48.4 Å². The Morgan fingerprint density at radius 1 is 0.857 bits per heavy atom. The third kappa shape index (κ3) is 6.32. The van der Waals surface area contributed by atoms with Crippen molar-refractivity contribution in [1.29, 1.82) is 0 Å². The second kappa shape index (κ2) is 11.2. The van der Waals surface area contributed by atoms with Crippen LogP contribution in [0.15, 0.2) is 36.7 Å². The molecule has 1 aromatic heterocycles. The third-order valence-electron chi connectivity index (χ3n) is 6.02. The lowest BCUT2D eigenvalue weighted by Crippen LogP contribution is -2.20. The summed E-state index contributed by atoms with van der Waals surface area (Å²) in [5.41, 5.74) is 2.24. The lowest BCUT2D eigenvalue weighted by Gasteiger charge is -2.28. The van der Waals surface area contributed by atoms with Crippen molar-refractivity contribution in [3.8, 4) is 17.1 Å². The highest BCUT2D eigenvalue weighted by molar-refractivity contribution is 5.55. The fourth-order valence-corrected chi connectivity index (χ4v) is 4.21. The Morgan fingerprint density at radius 2 is 1.54 bits per heavy atom. The van der Waals surface area contributed by atoms with Gasteiger partial charge >= 0.3 is 0 Å². The fraction of sp³-hybridized carbons (Fsp3) is 0.600. The van der Waals surface area contributed by atoms with E-state index in [1.165, 1.54) is 56.9 Å². The van der Waals surface area contributed by atoms with E-state index in [9.17, 15) is 0 Å². The number of unbranched alkanes of at least 4 members (excludes halogenated alkanes) is 2. The van der Waals surface area contributed by atoms with Crippen molar-refractivity contribution in [2.75, 3.05) is 6.61 Å². The Morgan fingerprint density at radius 3 is 2.18 bits per heavy atom. The molecule has 3 rings (SSSR count). The smallest absolute Gasteiger partial charge is 0.159 e. The summed E-state index contributed by atoms with van der Waals surface area (Å²) in [4.78, 5) is 9.00. The van der Waals surface area contributed by atoms with Gasteiger partial charge in [0, 0.05) is 18.0 Å². The Labute approximate surface area is 171 Å². The molecule has 0 N–H and O–H groups in total. The number of aromatic nitrogens is 2. The summed E-state index contributed by atoms with van der Waals surface area (Å²) in [5.74, 6) is 3.42. The zero-order chi connectivity index (χ0) is 19.6. The lowest BCUT2D eigenvalue weighted by atomic mass is 9.80. The van der Waals surface area contributed by atoms with Crippen molar-refractivity contribution in [2.24, 2.45) is 11.8 Å². The first-order valence-corrected chi connectivity index (χ1v) is 11.3. The minimum absolute atomic E-state index is 0.719. The predicted octanol–water partition coefficient (Wildman–Crippen LogP) is 6.86. The van der Waals surface area contributed by atoms with E-state index in [1.54, 1.807) is 0 Å². The van der Waals surface area contributed by atoms with E-state index >= 15 is 0 Å². The molecule has 0 aliphatic heterocycles. The highest BCUT2D eigenvalue weighted by Crippen LogP contribution is 2.32. The van der Waals surface area contributed by atoms with Crippen LogP contribution in [0, 0.1) is 11.8 Å². The number of nitrogens with zero attached hydrogens (tertiary/aromatic N) is 2. The molecule has 1 saturated carbocycles. The molecular weight excluding hydrogens is 344 g/mol. The van der Waals surface area contributed by atoms with Crippen LogP contribution in [0.25, 0.3) is 11.4 Å². The molecule has 1 fully saturated rings. The first-order chi connectivity index (χ1) is 13.8. The van der Waals surface area contributed by atoms with Crippen LogP contribution in [-0.2, 0) is 6.42 Å². The average molecular weight is 381 g/mol. The molecule has 1 aliphatic rings. The molecular formula is C25H36N2O. The largest absolute Gasteiger partial charge is 0.493 e. The van der Waals surface area contributed by atoms with Gasteiger partial charge in [-0.1, -0.05) is 58.8 Å². The maximum atomic E-state index is 6.08. The van der Waals surface area contributed by atoms with Gasteiger partial charge in [-0.2, -0.15) is 0 Å². The van der Waals surface area contributed by atoms with Crippen LogP contribution >= 0.6 is 0 Å². The Bertz CT molecular complexity index is 673. The zero-order valence-corrected chi connectivity index (χ0v) is 17.7. The minimum atomic E-state index is 0.719. The van der Waals surface area contributed by atoms with Gasteiger partial charge in [0.25, 0.3) is 0 Å². The second-order valence-corrected chi connectivity index (χ2v) is 8.38. The number of benzene rings is 1. The molecule has 0 spiro atoms. The van der Waals surface area contributed by atoms with E-state index in [1.807, 2.05) is 12.4 Å². The van der Waals surface area contributed by atoms with Gasteiger partial charge in [0.15, 0.2) is 5.82 Å². The summed E-state index contributed by atoms with van der Waals surface area (Å²) in [5, 5.41) is 0. The van der Waals surface area contributed by atoms with Gasteiger partial charge in [-0.3, -0.25) is 0 Å². The molecule has 0 unspecified atom stereocenters. The molecule has 2 aromatic rings. The minimum Gasteiger partial charge on any atom is -0.493 e. The van der Waals surface area contributed by atoms with Crippen LogP contribution in [0.3, 0.4) is 0 Å². The van der Waals surface area contributed by atoms with Crippen LogP contribution in [-0.4, -0.2) is 16.6 Å². The molecule has 1 aliphatic carbocycles. The second-order valence-electron chi connectivity index (χ2n) is 8.38. The zero-order valence-electron chi connectivity index (χ0n) is 17.7. The molecule has 3 heteroatoms. The number of hydrogen-bond donors (Lipinski definition) is 0. The third-order valence-corrected chi connectivity index (χ3v) is 6.02. The van der Waals surface area contributed by atoms with E-state index in [0.29, 0.717) is 0 Å². The van der Waals surface area contributed by atoms with Gasteiger partial charge in [-0.05, 0) is 60.9 Å². The molecule has 1 aromatic carbocycles. The maximum Gasteiger partial charge on any atom is 0.159 e. The first kappa shape index (κ1) is 20.8. The molecule has 0 saturated heterocycles. The summed E-state index contributed by atoms with van der Waals surface area (Å²) in [7, 11) is 0. The van der Waals surface area contributed by atoms with Crippen molar-refractivity contribution >= 4 is 0 Å². The van der Waals surface area contributed by atoms with Crippen molar-refractivity contribution in [3.63, 3.8) is 0 Å². The van der Waals surface area contributed by atoms with Gasteiger partial charge in [-0.15, -0.1) is 0 Å². The molecule has 0 amide bonds. The summed E-state index contributed by atoms with van der Waals surface area (Å²) >= 11 is 0. The standard InChI is InChI=1S/C25H36N2O/c1-3-5-6-8-20-9-11-21(12-10-20)19-28-24-15-13-23(14-16-24)25-26-17-22(7-4-2)18-27-25/h13-18,20-21H,3-12,19H2,1-2H3/t20-,21-. The first-order valence-electron chi connectivity index (χ1n) is 11.3. The topological polar surface area (TPSA) is 35.0 Å². The number of ether oxygens (including phenoxy) is 1. The van der Waals surface area contributed by atoms with E-state index in [-0.39, 0.29) is 0 Å². The van der Waals surface area contributed by atoms with Crippen LogP contribution in [0.2, 0.25) is 0 Å². The highest BCUT2D eigenvalue weighted by Gasteiger charge is 2.21. The summed E-state index contributed by atoms with van der Waals surface area (Å²) in [6, 6.07) is 8.23. The van der Waals surface area contributed by atoms with Gasteiger partial charge in [0.2, 0.25) is 0 Å². The normalized spacial score (nSPS) is 19.5. The molecule has 0 bridgehead atoms. The van der Waals surface area contributed by atoms with Crippen LogP contribution in [0.1, 0.15) is 77.2 Å². The lowest BCUT2D eigenvalue weighted by molar-refractivity contribution is 0.177. The van der Waals surface area contributed by atoms with Crippen LogP contribution < -0.4 is 4.74 Å². The summed E-state index contributed by atoms with van der Waals surface area (Å²) < 4.78 is 6.08. The van der Waals surface area contributed by atoms with E-state index in [4.69, 9.17) is 4.74 Å². The monoisotopic (exact) mass is 380 g/mol. The molecule has 1 heterocycles. The highest BCUT2D eigenvalue weighted by atomic mass is 16.5. The van der Waals surface area contributed by atoms with E-state index in [2.05, 4.69) is 48.1 Å². The number of aryl methyl sites for hydroxylation is 1. The maximum absolute atomic E-state index is 6.08. The Balaban J connectivity index is 1.42. The van der Waals surface area contributed by atoms with Gasteiger partial charge < -0.3 is 4.74 Å².